The maximum atomic E-state index is 13.6. The zero-order valence-electron chi connectivity index (χ0n) is 11.6. The highest BCUT2D eigenvalue weighted by atomic mass is 19.1. The number of carboxylic acids is 1. The lowest BCUT2D eigenvalue weighted by molar-refractivity contribution is -0.137. The summed E-state index contributed by atoms with van der Waals surface area (Å²) in [6.45, 7) is 4.71. The van der Waals surface area contributed by atoms with Gasteiger partial charge in [-0.15, -0.1) is 0 Å². The number of hydrogen-bond acceptors (Lipinski definition) is 2. The number of hydrogen-bond donors (Lipinski definition) is 2. The summed E-state index contributed by atoms with van der Waals surface area (Å²) >= 11 is 0. The topological polar surface area (TPSA) is 66.4 Å². The first-order valence-electron chi connectivity index (χ1n) is 6.12. The number of carbonyl (C=O) groups is 2. The van der Waals surface area contributed by atoms with Gasteiger partial charge in [0, 0.05) is 18.0 Å². The average molecular weight is 285 g/mol. The third-order valence-electron chi connectivity index (χ3n) is 2.91. The summed E-state index contributed by atoms with van der Waals surface area (Å²) in [7, 11) is 0. The quantitative estimate of drug-likeness (QED) is 0.874. The molecule has 110 valence electrons. The van der Waals surface area contributed by atoms with Crippen LogP contribution in [0, 0.1) is 18.6 Å². The summed E-state index contributed by atoms with van der Waals surface area (Å²) in [5.74, 6) is -3.33. The highest BCUT2D eigenvalue weighted by Gasteiger charge is 2.24. The zero-order valence-corrected chi connectivity index (χ0v) is 11.6. The first-order valence-corrected chi connectivity index (χ1v) is 6.12. The molecular weight excluding hydrogens is 268 g/mol. The van der Waals surface area contributed by atoms with Gasteiger partial charge < -0.3 is 10.4 Å². The van der Waals surface area contributed by atoms with Crippen molar-refractivity contribution in [3.63, 3.8) is 0 Å². The molecule has 0 aliphatic carbocycles. The molecule has 2 N–H and O–H groups in total. The molecular formula is C14H17F2NO3. The minimum absolute atomic E-state index is 0.113. The molecule has 0 aliphatic rings. The molecule has 0 heterocycles. The molecule has 0 aromatic heterocycles. The maximum Gasteiger partial charge on any atom is 0.303 e. The molecule has 0 saturated carbocycles. The third-order valence-corrected chi connectivity index (χ3v) is 2.91. The standard InChI is InChI=1S/C14H17F2NO3/c1-8-6-9(11(16)7-10(8)15)13(20)17-14(2,3)5-4-12(18)19/h6-7H,4-5H2,1-3H3,(H,17,20)(H,18,19). The second-order valence-corrected chi connectivity index (χ2v) is 5.31. The lowest BCUT2D eigenvalue weighted by Crippen LogP contribution is -2.44. The van der Waals surface area contributed by atoms with Crippen molar-refractivity contribution in [1.82, 2.24) is 5.32 Å². The van der Waals surface area contributed by atoms with Gasteiger partial charge in [-0.1, -0.05) is 0 Å². The predicted octanol–water partition coefficient (Wildman–Crippen LogP) is 2.65. The molecule has 0 bridgehead atoms. The van der Waals surface area contributed by atoms with Gasteiger partial charge in [-0.25, -0.2) is 8.78 Å². The van der Waals surface area contributed by atoms with Crippen molar-refractivity contribution in [2.75, 3.05) is 0 Å². The molecule has 1 aromatic carbocycles. The normalized spacial score (nSPS) is 11.2. The fraction of sp³-hybridized carbons (Fsp3) is 0.429. The van der Waals surface area contributed by atoms with Gasteiger partial charge in [0.05, 0.1) is 5.56 Å². The number of amides is 1. The Morgan fingerprint density at radius 1 is 1.25 bits per heavy atom. The van der Waals surface area contributed by atoms with E-state index in [9.17, 15) is 18.4 Å². The minimum Gasteiger partial charge on any atom is -0.481 e. The van der Waals surface area contributed by atoms with Crippen LogP contribution in [0.2, 0.25) is 0 Å². The van der Waals surface area contributed by atoms with Crippen LogP contribution in [0.25, 0.3) is 0 Å². The number of aliphatic carboxylic acids is 1. The van der Waals surface area contributed by atoms with E-state index in [4.69, 9.17) is 5.11 Å². The van der Waals surface area contributed by atoms with Gasteiger partial charge in [0.25, 0.3) is 5.91 Å². The van der Waals surface area contributed by atoms with E-state index in [0.29, 0.717) is 6.07 Å². The van der Waals surface area contributed by atoms with Gasteiger partial charge in [0.15, 0.2) is 0 Å². The monoisotopic (exact) mass is 285 g/mol. The largest absolute Gasteiger partial charge is 0.481 e. The van der Waals surface area contributed by atoms with E-state index in [2.05, 4.69) is 5.32 Å². The van der Waals surface area contributed by atoms with E-state index in [0.717, 1.165) is 6.07 Å². The van der Waals surface area contributed by atoms with Crippen LogP contribution in [0.5, 0.6) is 0 Å². The summed E-state index contributed by atoms with van der Waals surface area (Å²) in [4.78, 5) is 22.5. The van der Waals surface area contributed by atoms with Gasteiger partial charge in [-0.2, -0.15) is 0 Å². The lowest BCUT2D eigenvalue weighted by Gasteiger charge is -2.25. The van der Waals surface area contributed by atoms with Crippen molar-refractivity contribution in [3.05, 3.63) is 34.9 Å². The van der Waals surface area contributed by atoms with Crippen LogP contribution in [0.3, 0.4) is 0 Å². The second-order valence-electron chi connectivity index (χ2n) is 5.31. The Hall–Kier alpha value is -1.98. The van der Waals surface area contributed by atoms with E-state index in [-0.39, 0.29) is 24.0 Å². The Morgan fingerprint density at radius 3 is 2.40 bits per heavy atom. The lowest BCUT2D eigenvalue weighted by atomic mass is 9.97. The third kappa shape index (κ3) is 4.29. The Bertz CT molecular complexity index is 541. The fourth-order valence-electron chi connectivity index (χ4n) is 1.69. The maximum absolute atomic E-state index is 13.6. The van der Waals surface area contributed by atoms with Crippen LogP contribution < -0.4 is 5.32 Å². The van der Waals surface area contributed by atoms with E-state index in [1.54, 1.807) is 13.8 Å². The first kappa shape index (κ1) is 16.1. The minimum atomic E-state index is -0.976. The molecule has 0 aliphatic heterocycles. The van der Waals surface area contributed by atoms with Gasteiger partial charge in [-0.3, -0.25) is 9.59 Å². The van der Waals surface area contributed by atoms with Gasteiger partial charge in [0.1, 0.15) is 11.6 Å². The first-order chi connectivity index (χ1) is 9.12. The molecule has 0 saturated heterocycles. The van der Waals surface area contributed by atoms with E-state index < -0.39 is 29.0 Å². The second kappa shape index (κ2) is 5.98. The van der Waals surface area contributed by atoms with Crippen molar-refractivity contribution < 1.29 is 23.5 Å². The van der Waals surface area contributed by atoms with E-state index >= 15 is 0 Å². The van der Waals surface area contributed by atoms with Crippen molar-refractivity contribution in [2.24, 2.45) is 0 Å². The fourth-order valence-corrected chi connectivity index (χ4v) is 1.69. The van der Waals surface area contributed by atoms with Gasteiger partial charge in [-0.05, 0) is 38.8 Å². The molecule has 0 atom stereocenters. The van der Waals surface area contributed by atoms with Crippen molar-refractivity contribution in [2.45, 2.75) is 39.2 Å². The van der Waals surface area contributed by atoms with Crippen LogP contribution in [-0.2, 0) is 4.79 Å². The van der Waals surface area contributed by atoms with E-state index in [1.165, 1.54) is 6.92 Å². The Kier molecular flexibility index (Phi) is 4.81. The van der Waals surface area contributed by atoms with Crippen LogP contribution in [-0.4, -0.2) is 22.5 Å². The van der Waals surface area contributed by atoms with Crippen LogP contribution in [0.4, 0.5) is 8.78 Å². The highest BCUT2D eigenvalue weighted by molar-refractivity contribution is 5.95. The highest BCUT2D eigenvalue weighted by Crippen LogP contribution is 2.17. The number of benzene rings is 1. The Morgan fingerprint density at radius 2 is 1.85 bits per heavy atom. The molecule has 6 heteroatoms. The SMILES string of the molecule is Cc1cc(C(=O)NC(C)(C)CCC(=O)O)c(F)cc1F. The summed E-state index contributed by atoms with van der Waals surface area (Å²) in [5.41, 5.74) is -0.892. The number of aryl methyl sites for hydroxylation is 1. The molecule has 1 rings (SSSR count). The predicted molar refractivity (Wildman–Crippen MR) is 69.5 cm³/mol. The smallest absolute Gasteiger partial charge is 0.303 e. The van der Waals surface area contributed by atoms with E-state index in [1.807, 2.05) is 0 Å². The summed E-state index contributed by atoms with van der Waals surface area (Å²) in [6.07, 6.45) is 0.0913. The molecule has 0 unspecified atom stereocenters. The number of nitrogens with one attached hydrogen (secondary N) is 1. The molecule has 0 radical (unpaired) electrons. The van der Waals surface area contributed by atoms with Crippen molar-refractivity contribution in [3.8, 4) is 0 Å². The molecule has 1 aromatic rings. The Labute approximate surface area is 115 Å². The molecule has 1 amide bonds. The summed E-state index contributed by atoms with van der Waals surface area (Å²) in [6, 6.07) is 1.79. The number of halogens is 2. The molecule has 4 nitrogen and oxygen atoms in total. The Balaban J connectivity index is 2.86. The van der Waals surface area contributed by atoms with Crippen LogP contribution in [0.15, 0.2) is 12.1 Å². The molecule has 0 fully saturated rings. The summed E-state index contributed by atoms with van der Waals surface area (Å²) < 4.78 is 26.7. The van der Waals surface area contributed by atoms with Crippen molar-refractivity contribution >= 4 is 11.9 Å². The number of carboxylic acid groups (broad SMARTS) is 1. The zero-order chi connectivity index (χ0) is 15.5. The van der Waals surface area contributed by atoms with Crippen LogP contribution in [0.1, 0.15) is 42.6 Å². The van der Waals surface area contributed by atoms with Gasteiger partial charge in [0.2, 0.25) is 0 Å². The average Bonchev–Trinajstić information content (AvgIpc) is 2.30. The molecule has 0 spiro atoms. The van der Waals surface area contributed by atoms with Crippen molar-refractivity contribution in [1.29, 1.82) is 0 Å². The number of carbonyl (C=O) groups excluding carboxylic acids is 1. The number of rotatable bonds is 5. The van der Waals surface area contributed by atoms with Crippen LogP contribution >= 0.6 is 0 Å². The molecule has 20 heavy (non-hydrogen) atoms. The van der Waals surface area contributed by atoms with Gasteiger partial charge >= 0.3 is 5.97 Å². The summed E-state index contributed by atoms with van der Waals surface area (Å²) in [5, 5.41) is 11.2.